The van der Waals surface area contributed by atoms with E-state index in [1.54, 1.807) is 32.9 Å². The van der Waals surface area contributed by atoms with E-state index < -0.39 is 23.5 Å². The average molecular weight is 302 g/mol. The first kappa shape index (κ1) is 16.3. The molecule has 1 heterocycles. The fraction of sp³-hybridized carbons (Fsp3) is 0.444. The highest BCUT2D eigenvalue weighted by Gasteiger charge is 2.44. The number of esters is 2. The van der Waals surface area contributed by atoms with Crippen LogP contribution in [0.2, 0.25) is 0 Å². The van der Waals surface area contributed by atoms with Crippen LogP contribution in [0.25, 0.3) is 0 Å². The predicted molar refractivity (Wildman–Crippen MR) is 83.7 cm³/mol. The molecule has 0 fully saturated rings. The molecule has 0 spiro atoms. The van der Waals surface area contributed by atoms with Crippen LogP contribution in [-0.4, -0.2) is 17.5 Å². The van der Waals surface area contributed by atoms with Gasteiger partial charge in [0.2, 0.25) is 0 Å². The van der Waals surface area contributed by atoms with Gasteiger partial charge in [-0.05, 0) is 40.2 Å². The molecular formula is C18H22O4. The number of ether oxygens (including phenoxy) is 2. The van der Waals surface area contributed by atoms with Gasteiger partial charge in [0, 0.05) is 11.5 Å². The molecule has 2 rings (SSSR count). The first-order chi connectivity index (χ1) is 10.2. The van der Waals surface area contributed by atoms with E-state index in [0.29, 0.717) is 12.2 Å². The monoisotopic (exact) mass is 302 g/mol. The highest BCUT2D eigenvalue weighted by Crippen LogP contribution is 2.41. The SMILES string of the molecule is C=CC[C@@H]1c2cc(C)ccc2OC(=O)[C@H]1C(=O)OC(C)(C)C. The van der Waals surface area contributed by atoms with Gasteiger partial charge in [0.25, 0.3) is 0 Å². The summed E-state index contributed by atoms with van der Waals surface area (Å²) < 4.78 is 10.7. The van der Waals surface area contributed by atoms with Crippen molar-refractivity contribution in [2.75, 3.05) is 0 Å². The number of benzene rings is 1. The van der Waals surface area contributed by atoms with Gasteiger partial charge < -0.3 is 9.47 Å². The van der Waals surface area contributed by atoms with Crippen molar-refractivity contribution in [3.8, 4) is 5.75 Å². The molecule has 1 aromatic carbocycles. The maximum absolute atomic E-state index is 12.4. The van der Waals surface area contributed by atoms with Crippen LogP contribution in [0.5, 0.6) is 5.75 Å². The van der Waals surface area contributed by atoms with E-state index in [-0.39, 0.29) is 5.92 Å². The van der Waals surface area contributed by atoms with Crippen molar-refractivity contribution in [1.82, 2.24) is 0 Å². The van der Waals surface area contributed by atoms with Crippen molar-refractivity contribution in [3.05, 3.63) is 42.0 Å². The highest BCUT2D eigenvalue weighted by molar-refractivity contribution is 5.98. The normalized spacial score (nSPS) is 20.8. The first-order valence-electron chi connectivity index (χ1n) is 7.39. The summed E-state index contributed by atoms with van der Waals surface area (Å²) in [4.78, 5) is 24.7. The number of fused-ring (bicyclic) bond motifs is 1. The Labute approximate surface area is 131 Å². The van der Waals surface area contributed by atoms with Gasteiger partial charge in [0.05, 0.1) is 0 Å². The second kappa shape index (κ2) is 5.95. The molecule has 0 amide bonds. The minimum Gasteiger partial charge on any atom is -0.459 e. The number of hydrogen-bond donors (Lipinski definition) is 0. The van der Waals surface area contributed by atoms with Gasteiger partial charge in [-0.2, -0.15) is 0 Å². The van der Waals surface area contributed by atoms with Crippen LogP contribution in [0.4, 0.5) is 0 Å². The summed E-state index contributed by atoms with van der Waals surface area (Å²) in [5.41, 5.74) is 1.26. The lowest BCUT2D eigenvalue weighted by Gasteiger charge is -2.32. The number of carbonyl (C=O) groups excluding carboxylic acids is 2. The zero-order valence-electron chi connectivity index (χ0n) is 13.5. The van der Waals surface area contributed by atoms with Crippen molar-refractivity contribution >= 4 is 11.9 Å². The molecule has 4 nitrogen and oxygen atoms in total. The summed E-state index contributed by atoms with van der Waals surface area (Å²) in [6.45, 7) is 11.0. The van der Waals surface area contributed by atoms with E-state index in [1.807, 2.05) is 19.1 Å². The molecule has 0 aliphatic carbocycles. The van der Waals surface area contributed by atoms with Crippen molar-refractivity contribution in [3.63, 3.8) is 0 Å². The first-order valence-corrected chi connectivity index (χ1v) is 7.39. The molecule has 0 bridgehead atoms. The summed E-state index contributed by atoms with van der Waals surface area (Å²) in [5.74, 6) is -1.84. The Kier molecular flexibility index (Phi) is 4.40. The fourth-order valence-corrected chi connectivity index (χ4v) is 2.63. The van der Waals surface area contributed by atoms with Crippen molar-refractivity contribution in [1.29, 1.82) is 0 Å². The van der Waals surface area contributed by atoms with Crippen LogP contribution >= 0.6 is 0 Å². The van der Waals surface area contributed by atoms with Crippen LogP contribution in [0.1, 0.15) is 44.2 Å². The van der Waals surface area contributed by atoms with Crippen LogP contribution in [0, 0.1) is 12.8 Å². The molecule has 118 valence electrons. The number of hydrogen-bond acceptors (Lipinski definition) is 4. The molecule has 0 saturated heterocycles. The molecule has 0 radical (unpaired) electrons. The number of carbonyl (C=O) groups is 2. The van der Waals surface area contributed by atoms with Gasteiger partial charge in [-0.15, -0.1) is 6.58 Å². The van der Waals surface area contributed by atoms with Crippen molar-refractivity contribution in [2.24, 2.45) is 5.92 Å². The Morgan fingerprint density at radius 2 is 2.09 bits per heavy atom. The summed E-state index contributed by atoms with van der Waals surface area (Å²) >= 11 is 0. The van der Waals surface area contributed by atoms with E-state index in [0.717, 1.165) is 11.1 Å². The summed E-state index contributed by atoms with van der Waals surface area (Å²) in [5, 5.41) is 0. The van der Waals surface area contributed by atoms with Crippen molar-refractivity contribution < 1.29 is 19.1 Å². The topological polar surface area (TPSA) is 52.6 Å². The molecule has 1 aromatic rings. The maximum Gasteiger partial charge on any atom is 0.326 e. The molecule has 4 heteroatoms. The third kappa shape index (κ3) is 3.38. The van der Waals surface area contributed by atoms with E-state index in [1.165, 1.54) is 0 Å². The lowest BCUT2D eigenvalue weighted by atomic mass is 9.80. The van der Waals surface area contributed by atoms with Gasteiger partial charge in [0.1, 0.15) is 11.4 Å². The van der Waals surface area contributed by atoms with Crippen molar-refractivity contribution in [2.45, 2.75) is 45.6 Å². The van der Waals surface area contributed by atoms with Gasteiger partial charge >= 0.3 is 11.9 Å². The highest BCUT2D eigenvalue weighted by atomic mass is 16.6. The van der Waals surface area contributed by atoms with Crippen LogP contribution in [0.3, 0.4) is 0 Å². The molecule has 1 aliphatic heterocycles. The number of rotatable bonds is 3. The summed E-state index contributed by atoms with van der Waals surface area (Å²) in [6, 6.07) is 5.60. The molecule has 22 heavy (non-hydrogen) atoms. The Morgan fingerprint density at radius 3 is 2.68 bits per heavy atom. The van der Waals surface area contributed by atoms with Crippen LogP contribution < -0.4 is 4.74 Å². The minimum atomic E-state index is -0.952. The van der Waals surface area contributed by atoms with Crippen LogP contribution in [-0.2, 0) is 14.3 Å². The van der Waals surface area contributed by atoms with Gasteiger partial charge in [0.15, 0.2) is 5.92 Å². The Morgan fingerprint density at radius 1 is 1.41 bits per heavy atom. The summed E-state index contributed by atoms with van der Waals surface area (Å²) in [7, 11) is 0. The molecule has 0 aromatic heterocycles. The largest absolute Gasteiger partial charge is 0.459 e. The number of allylic oxidation sites excluding steroid dienone is 1. The van der Waals surface area contributed by atoms with E-state index in [4.69, 9.17) is 9.47 Å². The van der Waals surface area contributed by atoms with E-state index in [9.17, 15) is 9.59 Å². The zero-order chi connectivity index (χ0) is 16.5. The van der Waals surface area contributed by atoms with Gasteiger partial charge in [-0.3, -0.25) is 9.59 Å². The lowest BCUT2D eigenvalue weighted by molar-refractivity contribution is -0.167. The maximum atomic E-state index is 12.4. The second-order valence-electron chi connectivity index (χ2n) is 6.60. The number of aryl methyl sites for hydroxylation is 1. The standard InChI is InChI=1S/C18H22O4/c1-6-7-12-13-10-11(2)8-9-14(13)21-16(19)15(12)17(20)22-18(3,4)5/h6,8-10,12,15H,1,7H2,2-5H3/t12-,15+/m1/s1. The van der Waals surface area contributed by atoms with Gasteiger partial charge in [-0.1, -0.05) is 23.8 Å². The predicted octanol–water partition coefficient (Wildman–Crippen LogP) is 3.53. The van der Waals surface area contributed by atoms with E-state index >= 15 is 0 Å². The lowest BCUT2D eigenvalue weighted by Crippen LogP contribution is -2.41. The molecular weight excluding hydrogens is 280 g/mol. The molecule has 0 saturated carbocycles. The Hall–Kier alpha value is -2.10. The Balaban J connectivity index is 2.42. The summed E-state index contributed by atoms with van der Waals surface area (Å²) in [6.07, 6.45) is 2.22. The zero-order valence-corrected chi connectivity index (χ0v) is 13.5. The van der Waals surface area contributed by atoms with Gasteiger partial charge in [-0.25, -0.2) is 0 Å². The minimum absolute atomic E-state index is 0.302. The average Bonchev–Trinajstić information content (AvgIpc) is 2.37. The molecule has 0 unspecified atom stereocenters. The smallest absolute Gasteiger partial charge is 0.326 e. The van der Waals surface area contributed by atoms with E-state index in [2.05, 4.69) is 6.58 Å². The quantitative estimate of drug-likeness (QED) is 0.371. The third-order valence-corrected chi connectivity index (χ3v) is 3.51. The molecule has 2 atom stereocenters. The second-order valence-corrected chi connectivity index (χ2v) is 6.60. The third-order valence-electron chi connectivity index (χ3n) is 3.51. The fourth-order valence-electron chi connectivity index (χ4n) is 2.63. The van der Waals surface area contributed by atoms with Crippen LogP contribution in [0.15, 0.2) is 30.9 Å². The Bertz CT molecular complexity index is 610. The molecule has 1 aliphatic rings. The molecule has 0 N–H and O–H groups in total.